The second kappa shape index (κ2) is 3.78. The first kappa shape index (κ1) is 9.35. The SMILES string of the molecule is NCC(N)C1CCC(N)=C(N)C1. The summed E-state index contributed by atoms with van der Waals surface area (Å²) in [7, 11) is 0. The molecule has 4 heteroatoms. The number of hydrogen-bond donors (Lipinski definition) is 4. The fourth-order valence-electron chi connectivity index (χ4n) is 1.57. The summed E-state index contributed by atoms with van der Waals surface area (Å²) in [4.78, 5) is 0. The van der Waals surface area contributed by atoms with Crippen LogP contribution in [0.25, 0.3) is 0 Å². The normalized spacial score (nSPS) is 27.3. The molecule has 0 bridgehead atoms. The molecule has 4 nitrogen and oxygen atoms in total. The molecule has 1 aliphatic carbocycles. The highest BCUT2D eigenvalue weighted by atomic mass is 14.8. The minimum Gasteiger partial charge on any atom is -0.401 e. The van der Waals surface area contributed by atoms with Gasteiger partial charge in [-0.25, -0.2) is 0 Å². The quantitative estimate of drug-likeness (QED) is 0.435. The van der Waals surface area contributed by atoms with E-state index >= 15 is 0 Å². The number of rotatable bonds is 2. The highest BCUT2D eigenvalue weighted by Gasteiger charge is 2.22. The van der Waals surface area contributed by atoms with Gasteiger partial charge in [-0.1, -0.05) is 0 Å². The van der Waals surface area contributed by atoms with Crippen LogP contribution in [0.1, 0.15) is 19.3 Å². The van der Waals surface area contributed by atoms with Gasteiger partial charge >= 0.3 is 0 Å². The largest absolute Gasteiger partial charge is 0.401 e. The van der Waals surface area contributed by atoms with E-state index < -0.39 is 0 Å². The summed E-state index contributed by atoms with van der Waals surface area (Å²) in [6.07, 6.45) is 2.69. The lowest BCUT2D eigenvalue weighted by Gasteiger charge is -2.27. The van der Waals surface area contributed by atoms with Crippen molar-refractivity contribution < 1.29 is 0 Å². The van der Waals surface area contributed by atoms with E-state index in [1.165, 1.54) is 0 Å². The average Bonchev–Trinajstić information content (AvgIpc) is 2.08. The van der Waals surface area contributed by atoms with Gasteiger partial charge in [-0.15, -0.1) is 0 Å². The van der Waals surface area contributed by atoms with Gasteiger partial charge in [-0.05, 0) is 25.2 Å². The molecule has 2 unspecified atom stereocenters. The number of hydrogen-bond acceptors (Lipinski definition) is 4. The number of nitrogens with two attached hydrogens (primary N) is 4. The van der Waals surface area contributed by atoms with Crippen molar-refractivity contribution in [3.05, 3.63) is 11.4 Å². The Morgan fingerprint density at radius 2 is 2.00 bits per heavy atom. The molecule has 0 aromatic rings. The Labute approximate surface area is 73.0 Å². The summed E-state index contributed by atoms with van der Waals surface area (Å²) >= 11 is 0. The summed E-state index contributed by atoms with van der Waals surface area (Å²) in [5, 5.41) is 0. The van der Waals surface area contributed by atoms with Crippen LogP contribution in [0.4, 0.5) is 0 Å². The van der Waals surface area contributed by atoms with Crippen molar-refractivity contribution in [2.75, 3.05) is 6.54 Å². The van der Waals surface area contributed by atoms with Crippen molar-refractivity contribution in [2.45, 2.75) is 25.3 Å². The third-order valence-corrected chi connectivity index (χ3v) is 2.56. The minimum atomic E-state index is 0.0663. The highest BCUT2D eigenvalue weighted by Crippen LogP contribution is 2.25. The summed E-state index contributed by atoms with van der Waals surface area (Å²) in [5.74, 6) is 0.419. The van der Waals surface area contributed by atoms with Crippen molar-refractivity contribution in [3.63, 3.8) is 0 Å². The Balaban J connectivity index is 2.54. The maximum atomic E-state index is 5.81. The fraction of sp³-hybridized carbons (Fsp3) is 0.750. The van der Waals surface area contributed by atoms with E-state index in [4.69, 9.17) is 22.9 Å². The van der Waals surface area contributed by atoms with Crippen molar-refractivity contribution >= 4 is 0 Å². The van der Waals surface area contributed by atoms with Gasteiger partial charge in [-0.3, -0.25) is 0 Å². The Bertz CT molecular complexity index is 187. The standard InChI is InChI=1S/C8H18N4/c9-4-8(12)5-1-2-6(10)7(11)3-5/h5,8H,1-4,9-12H2. The van der Waals surface area contributed by atoms with E-state index in [1.807, 2.05) is 0 Å². The molecule has 2 atom stereocenters. The average molecular weight is 170 g/mol. The molecule has 0 fully saturated rings. The summed E-state index contributed by atoms with van der Waals surface area (Å²) in [6.45, 7) is 0.526. The maximum Gasteiger partial charge on any atom is 0.0274 e. The second-order valence-electron chi connectivity index (χ2n) is 3.45. The molecular weight excluding hydrogens is 152 g/mol. The Kier molecular flexibility index (Phi) is 2.94. The lowest BCUT2D eigenvalue weighted by atomic mass is 9.85. The van der Waals surface area contributed by atoms with Gasteiger partial charge in [0.25, 0.3) is 0 Å². The fourth-order valence-corrected chi connectivity index (χ4v) is 1.57. The van der Waals surface area contributed by atoms with E-state index in [2.05, 4.69) is 0 Å². The van der Waals surface area contributed by atoms with E-state index in [9.17, 15) is 0 Å². The highest BCUT2D eigenvalue weighted by molar-refractivity contribution is 5.12. The molecule has 0 aromatic carbocycles. The Morgan fingerprint density at radius 1 is 1.33 bits per heavy atom. The van der Waals surface area contributed by atoms with Gasteiger partial charge in [0.05, 0.1) is 0 Å². The van der Waals surface area contributed by atoms with Gasteiger partial charge in [0.2, 0.25) is 0 Å². The molecule has 0 aliphatic heterocycles. The predicted molar refractivity (Wildman–Crippen MR) is 49.8 cm³/mol. The predicted octanol–water partition coefficient (Wildman–Crippen LogP) is -0.798. The summed E-state index contributed by atoms with van der Waals surface area (Å²) in [6, 6.07) is 0.0663. The van der Waals surface area contributed by atoms with Crippen LogP contribution < -0.4 is 22.9 Å². The van der Waals surface area contributed by atoms with Gasteiger partial charge in [0, 0.05) is 24.0 Å². The lowest BCUT2D eigenvalue weighted by molar-refractivity contribution is 0.375. The number of allylic oxidation sites excluding steroid dienone is 2. The zero-order chi connectivity index (χ0) is 9.14. The molecule has 0 saturated carbocycles. The molecular formula is C8H18N4. The topological polar surface area (TPSA) is 104 Å². The summed E-state index contributed by atoms with van der Waals surface area (Å²) < 4.78 is 0. The molecule has 1 aliphatic rings. The maximum absolute atomic E-state index is 5.81. The van der Waals surface area contributed by atoms with Crippen LogP contribution in [0.5, 0.6) is 0 Å². The summed E-state index contributed by atoms with van der Waals surface area (Å²) in [5.41, 5.74) is 24.3. The molecule has 70 valence electrons. The van der Waals surface area contributed by atoms with E-state index in [0.29, 0.717) is 12.5 Å². The zero-order valence-electron chi connectivity index (χ0n) is 7.29. The van der Waals surface area contributed by atoms with E-state index in [-0.39, 0.29) is 6.04 Å². The first-order valence-electron chi connectivity index (χ1n) is 4.33. The molecule has 0 radical (unpaired) electrons. The monoisotopic (exact) mass is 170 g/mol. The third-order valence-electron chi connectivity index (χ3n) is 2.56. The molecule has 12 heavy (non-hydrogen) atoms. The van der Waals surface area contributed by atoms with Crippen molar-refractivity contribution in [3.8, 4) is 0 Å². The second-order valence-corrected chi connectivity index (χ2v) is 3.45. The smallest absolute Gasteiger partial charge is 0.0274 e. The van der Waals surface area contributed by atoms with E-state index in [0.717, 1.165) is 30.7 Å². The first-order valence-corrected chi connectivity index (χ1v) is 4.33. The Morgan fingerprint density at radius 3 is 2.50 bits per heavy atom. The van der Waals surface area contributed by atoms with Crippen LogP contribution in [0, 0.1) is 5.92 Å². The molecule has 0 amide bonds. The van der Waals surface area contributed by atoms with Gasteiger partial charge < -0.3 is 22.9 Å². The van der Waals surface area contributed by atoms with Crippen molar-refractivity contribution in [1.82, 2.24) is 0 Å². The molecule has 0 heterocycles. The van der Waals surface area contributed by atoms with Gasteiger partial charge in [-0.2, -0.15) is 0 Å². The molecule has 0 saturated heterocycles. The van der Waals surface area contributed by atoms with Crippen molar-refractivity contribution in [2.24, 2.45) is 28.9 Å². The van der Waals surface area contributed by atoms with Crippen LogP contribution in [0.2, 0.25) is 0 Å². The van der Waals surface area contributed by atoms with E-state index in [1.54, 1.807) is 0 Å². The Hall–Kier alpha value is -0.740. The third kappa shape index (κ3) is 1.89. The lowest BCUT2D eigenvalue weighted by Crippen LogP contribution is -2.39. The van der Waals surface area contributed by atoms with Crippen molar-refractivity contribution in [1.29, 1.82) is 0 Å². The van der Waals surface area contributed by atoms with Gasteiger partial charge in [0.1, 0.15) is 0 Å². The molecule has 1 rings (SSSR count). The van der Waals surface area contributed by atoms with Crippen LogP contribution in [0.15, 0.2) is 11.4 Å². The van der Waals surface area contributed by atoms with Crippen LogP contribution >= 0.6 is 0 Å². The molecule has 0 aromatic heterocycles. The van der Waals surface area contributed by atoms with Crippen LogP contribution in [-0.4, -0.2) is 12.6 Å². The van der Waals surface area contributed by atoms with Crippen LogP contribution in [0.3, 0.4) is 0 Å². The molecule has 8 N–H and O–H groups in total. The molecule has 0 spiro atoms. The minimum absolute atomic E-state index is 0.0663. The first-order chi connectivity index (χ1) is 5.65. The van der Waals surface area contributed by atoms with Gasteiger partial charge in [0.15, 0.2) is 0 Å². The van der Waals surface area contributed by atoms with Crippen LogP contribution in [-0.2, 0) is 0 Å². The zero-order valence-corrected chi connectivity index (χ0v) is 7.29.